The van der Waals surface area contributed by atoms with Crippen molar-refractivity contribution in [1.29, 1.82) is 0 Å². The molecular formula is C7H9BrS2. The summed E-state index contributed by atoms with van der Waals surface area (Å²) in [4.78, 5) is 1.41. The second-order valence-electron chi connectivity index (χ2n) is 2.13. The quantitative estimate of drug-likeness (QED) is 0.750. The second-order valence-corrected chi connectivity index (χ2v) is 4.33. The van der Waals surface area contributed by atoms with E-state index >= 15 is 0 Å². The van der Waals surface area contributed by atoms with E-state index in [1.165, 1.54) is 14.9 Å². The summed E-state index contributed by atoms with van der Waals surface area (Å²) in [6, 6.07) is 0. The van der Waals surface area contributed by atoms with Crippen LogP contribution in [0, 0.1) is 6.92 Å². The minimum atomic E-state index is 0.929. The van der Waals surface area contributed by atoms with Gasteiger partial charge in [-0.05, 0) is 46.0 Å². The molecule has 0 aromatic carbocycles. The Kier molecular flexibility index (Phi) is 3.27. The van der Waals surface area contributed by atoms with Crippen LogP contribution in [0.2, 0.25) is 0 Å². The Hall–Kier alpha value is 0.530. The van der Waals surface area contributed by atoms with Crippen molar-refractivity contribution in [3.8, 4) is 0 Å². The van der Waals surface area contributed by atoms with Gasteiger partial charge in [0.25, 0.3) is 0 Å². The van der Waals surface area contributed by atoms with Crippen LogP contribution in [0.15, 0.2) is 9.85 Å². The Morgan fingerprint density at radius 1 is 1.70 bits per heavy atom. The number of hydrogen-bond acceptors (Lipinski definition) is 2. The minimum absolute atomic E-state index is 0.929. The van der Waals surface area contributed by atoms with E-state index in [0.29, 0.717) is 0 Å². The van der Waals surface area contributed by atoms with Gasteiger partial charge in [0.2, 0.25) is 0 Å². The predicted octanol–water partition coefficient (Wildman–Crippen LogP) is 3.29. The van der Waals surface area contributed by atoms with Crippen LogP contribution in [0.1, 0.15) is 10.4 Å². The molecule has 0 radical (unpaired) electrons. The molecule has 0 fully saturated rings. The minimum Gasteiger partial charge on any atom is -0.179 e. The van der Waals surface area contributed by atoms with Crippen molar-refractivity contribution in [1.82, 2.24) is 0 Å². The fourth-order valence-electron chi connectivity index (χ4n) is 0.753. The molecule has 1 heterocycles. The van der Waals surface area contributed by atoms with E-state index in [0.717, 1.165) is 12.2 Å². The van der Waals surface area contributed by atoms with Crippen LogP contribution in [0.3, 0.4) is 0 Å². The topological polar surface area (TPSA) is 0 Å². The number of thiophene rings is 1. The average Bonchev–Trinajstić information content (AvgIpc) is 2.20. The zero-order chi connectivity index (χ0) is 7.56. The van der Waals surface area contributed by atoms with E-state index in [9.17, 15) is 0 Å². The summed E-state index contributed by atoms with van der Waals surface area (Å²) >= 11 is 9.51. The van der Waals surface area contributed by atoms with Crippen molar-refractivity contribution in [2.24, 2.45) is 0 Å². The Balaban J connectivity index is 2.83. The van der Waals surface area contributed by atoms with Crippen molar-refractivity contribution in [2.45, 2.75) is 13.3 Å². The molecule has 0 N–H and O–H groups in total. The summed E-state index contributed by atoms with van der Waals surface area (Å²) in [5, 5.41) is 2.17. The zero-order valence-corrected chi connectivity index (χ0v) is 9.02. The summed E-state index contributed by atoms with van der Waals surface area (Å²) in [5.41, 5.74) is 1.33. The van der Waals surface area contributed by atoms with Gasteiger partial charge in [0.05, 0.1) is 0 Å². The lowest BCUT2D eigenvalue weighted by molar-refractivity contribution is 1.19. The first-order valence-electron chi connectivity index (χ1n) is 3.09. The number of aryl methyl sites for hydroxylation is 2. The Morgan fingerprint density at radius 3 is 2.80 bits per heavy atom. The maximum absolute atomic E-state index is 4.17. The molecule has 0 aliphatic rings. The van der Waals surface area contributed by atoms with Crippen LogP contribution < -0.4 is 0 Å². The summed E-state index contributed by atoms with van der Waals surface area (Å²) in [6.45, 7) is 2.11. The normalized spacial score (nSPS) is 10.3. The van der Waals surface area contributed by atoms with E-state index in [2.05, 4.69) is 40.9 Å². The van der Waals surface area contributed by atoms with Gasteiger partial charge in [-0.1, -0.05) is 0 Å². The highest BCUT2D eigenvalue weighted by Crippen LogP contribution is 2.27. The van der Waals surface area contributed by atoms with Crippen molar-refractivity contribution >= 4 is 39.9 Å². The first-order chi connectivity index (χ1) is 4.75. The highest BCUT2D eigenvalue weighted by atomic mass is 79.9. The molecule has 0 atom stereocenters. The van der Waals surface area contributed by atoms with Gasteiger partial charge in [0.15, 0.2) is 0 Å². The fraction of sp³-hybridized carbons (Fsp3) is 0.429. The van der Waals surface area contributed by atoms with E-state index in [-0.39, 0.29) is 0 Å². The van der Waals surface area contributed by atoms with Crippen molar-refractivity contribution in [3.63, 3.8) is 0 Å². The summed E-state index contributed by atoms with van der Waals surface area (Å²) < 4.78 is 1.27. The van der Waals surface area contributed by atoms with Gasteiger partial charge < -0.3 is 0 Å². The zero-order valence-electron chi connectivity index (χ0n) is 5.72. The number of halogens is 1. The summed E-state index contributed by atoms with van der Waals surface area (Å²) in [5.74, 6) is 0.929. The molecule has 1 aromatic rings. The van der Waals surface area contributed by atoms with Crippen molar-refractivity contribution in [2.75, 3.05) is 5.75 Å². The summed E-state index contributed by atoms with van der Waals surface area (Å²) in [7, 11) is 0. The molecule has 0 spiro atoms. The fourth-order valence-corrected chi connectivity index (χ4v) is 2.79. The molecule has 0 bridgehead atoms. The van der Waals surface area contributed by atoms with E-state index in [4.69, 9.17) is 0 Å². The number of rotatable bonds is 2. The average molecular weight is 237 g/mol. The Morgan fingerprint density at radius 2 is 2.40 bits per heavy atom. The molecule has 0 unspecified atom stereocenters. The SMILES string of the molecule is Cc1csc(CCS)c1Br. The van der Waals surface area contributed by atoms with Gasteiger partial charge in [-0.15, -0.1) is 11.3 Å². The Labute approximate surface area is 79.2 Å². The van der Waals surface area contributed by atoms with Crippen LogP contribution in [-0.4, -0.2) is 5.75 Å². The monoisotopic (exact) mass is 236 g/mol. The maximum atomic E-state index is 4.17. The van der Waals surface area contributed by atoms with Gasteiger partial charge in [-0.3, -0.25) is 0 Å². The van der Waals surface area contributed by atoms with Crippen LogP contribution >= 0.6 is 39.9 Å². The molecular weight excluding hydrogens is 228 g/mol. The third-order valence-electron chi connectivity index (χ3n) is 1.31. The highest BCUT2D eigenvalue weighted by Gasteiger charge is 2.03. The molecule has 56 valence electrons. The first kappa shape index (κ1) is 8.62. The molecule has 1 aromatic heterocycles. The number of hydrogen-bond donors (Lipinski definition) is 1. The lowest BCUT2D eigenvalue weighted by atomic mass is 10.3. The molecule has 0 nitrogen and oxygen atoms in total. The second kappa shape index (κ2) is 3.79. The smallest absolute Gasteiger partial charge is 0.0343 e. The molecule has 0 amide bonds. The number of thiol groups is 1. The molecule has 0 aliphatic carbocycles. The Bertz CT molecular complexity index is 217. The van der Waals surface area contributed by atoms with Gasteiger partial charge in [0, 0.05) is 9.35 Å². The molecule has 10 heavy (non-hydrogen) atoms. The molecule has 0 aliphatic heterocycles. The predicted molar refractivity (Wildman–Crippen MR) is 54.3 cm³/mol. The van der Waals surface area contributed by atoms with E-state index in [1.807, 2.05) is 0 Å². The lowest BCUT2D eigenvalue weighted by Gasteiger charge is -1.92. The molecule has 3 heteroatoms. The summed E-state index contributed by atoms with van der Waals surface area (Å²) in [6.07, 6.45) is 1.07. The molecule has 0 saturated heterocycles. The lowest BCUT2D eigenvalue weighted by Crippen LogP contribution is -1.81. The third kappa shape index (κ3) is 1.77. The van der Waals surface area contributed by atoms with Crippen LogP contribution in [-0.2, 0) is 6.42 Å². The van der Waals surface area contributed by atoms with Gasteiger partial charge in [0.1, 0.15) is 0 Å². The largest absolute Gasteiger partial charge is 0.179 e. The van der Waals surface area contributed by atoms with E-state index in [1.54, 1.807) is 11.3 Å². The highest BCUT2D eigenvalue weighted by molar-refractivity contribution is 9.10. The first-order valence-corrected chi connectivity index (χ1v) is 5.39. The molecule has 0 saturated carbocycles. The third-order valence-corrected chi connectivity index (χ3v) is 4.06. The molecule has 1 rings (SSSR count). The van der Waals surface area contributed by atoms with Crippen LogP contribution in [0.4, 0.5) is 0 Å². The van der Waals surface area contributed by atoms with Crippen LogP contribution in [0.5, 0.6) is 0 Å². The van der Waals surface area contributed by atoms with Crippen molar-refractivity contribution in [3.05, 3.63) is 20.3 Å². The van der Waals surface area contributed by atoms with Crippen LogP contribution in [0.25, 0.3) is 0 Å². The van der Waals surface area contributed by atoms with Gasteiger partial charge >= 0.3 is 0 Å². The van der Waals surface area contributed by atoms with Crippen molar-refractivity contribution < 1.29 is 0 Å². The van der Waals surface area contributed by atoms with Gasteiger partial charge in [-0.25, -0.2) is 0 Å². The van der Waals surface area contributed by atoms with Gasteiger partial charge in [-0.2, -0.15) is 12.6 Å². The maximum Gasteiger partial charge on any atom is 0.0343 e. The standard InChI is InChI=1S/C7H9BrS2/c1-5-4-10-6(2-3-9)7(5)8/h4,9H,2-3H2,1H3. The van der Waals surface area contributed by atoms with E-state index < -0.39 is 0 Å².